The Kier molecular flexibility index (Phi) is 2.02. The third-order valence-corrected chi connectivity index (χ3v) is 3.16. The Labute approximate surface area is 99.1 Å². The molecule has 3 heterocycles. The summed E-state index contributed by atoms with van der Waals surface area (Å²) in [5.41, 5.74) is 2.03. The van der Waals surface area contributed by atoms with Gasteiger partial charge in [-0.05, 0) is 6.92 Å². The Morgan fingerprint density at radius 1 is 1.59 bits per heavy atom. The summed E-state index contributed by atoms with van der Waals surface area (Å²) < 4.78 is 6.61. The first kappa shape index (κ1) is 10.0. The summed E-state index contributed by atoms with van der Waals surface area (Å²) in [6.45, 7) is 1.85. The maximum atomic E-state index is 10.7. The van der Waals surface area contributed by atoms with Gasteiger partial charge in [0.15, 0.2) is 4.96 Å². The number of hydrogen-bond acceptors (Lipinski definition) is 5. The van der Waals surface area contributed by atoms with E-state index in [1.165, 1.54) is 17.4 Å². The van der Waals surface area contributed by atoms with Crippen LogP contribution in [-0.4, -0.2) is 25.6 Å². The van der Waals surface area contributed by atoms with Gasteiger partial charge < -0.3 is 9.63 Å². The molecule has 0 saturated heterocycles. The van der Waals surface area contributed by atoms with Gasteiger partial charge in [-0.15, -0.1) is 11.3 Å². The molecule has 7 heteroatoms. The van der Waals surface area contributed by atoms with Gasteiger partial charge in [0.1, 0.15) is 5.69 Å². The second-order valence-corrected chi connectivity index (χ2v) is 4.36. The first-order valence-electron chi connectivity index (χ1n) is 4.79. The third-order valence-electron chi connectivity index (χ3n) is 2.40. The van der Waals surface area contributed by atoms with Crippen molar-refractivity contribution in [3.63, 3.8) is 0 Å². The monoisotopic (exact) mass is 249 g/mol. The van der Waals surface area contributed by atoms with Crippen molar-refractivity contribution < 1.29 is 14.4 Å². The molecule has 3 rings (SSSR count). The second kappa shape index (κ2) is 3.42. The van der Waals surface area contributed by atoms with Gasteiger partial charge in [-0.25, -0.2) is 9.78 Å². The SMILES string of the molecule is Cc1nc2sccn2c1-c1cc(C(=O)O)on1. The van der Waals surface area contributed by atoms with E-state index < -0.39 is 5.97 Å². The quantitative estimate of drug-likeness (QED) is 0.751. The molecule has 3 aromatic heterocycles. The number of rotatable bonds is 2. The largest absolute Gasteiger partial charge is 0.475 e. The number of aryl methyl sites for hydroxylation is 1. The van der Waals surface area contributed by atoms with Crippen LogP contribution in [0, 0.1) is 6.92 Å². The topological polar surface area (TPSA) is 80.6 Å². The standard InChI is InChI=1S/C10H7N3O3S/c1-5-8(13-2-3-17-10(13)11-5)6-4-7(9(14)15)16-12-6/h2-4H,1H3,(H,14,15). The maximum Gasteiger partial charge on any atom is 0.374 e. The maximum absolute atomic E-state index is 10.7. The number of carboxylic acid groups (broad SMARTS) is 1. The summed E-state index contributed by atoms with van der Waals surface area (Å²) >= 11 is 1.51. The Balaban J connectivity index is 2.22. The minimum Gasteiger partial charge on any atom is -0.475 e. The van der Waals surface area contributed by atoms with Gasteiger partial charge in [-0.2, -0.15) is 0 Å². The van der Waals surface area contributed by atoms with E-state index >= 15 is 0 Å². The Morgan fingerprint density at radius 2 is 2.41 bits per heavy atom. The van der Waals surface area contributed by atoms with Crippen molar-refractivity contribution >= 4 is 22.3 Å². The number of thiazole rings is 1. The summed E-state index contributed by atoms with van der Waals surface area (Å²) in [6.07, 6.45) is 1.87. The van der Waals surface area contributed by atoms with Crippen molar-refractivity contribution in [2.24, 2.45) is 0 Å². The fraction of sp³-hybridized carbons (Fsp3) is 0.100. The summed E-state index contributed by atoms with van der Waals surface area (Å²) in [7, 11) is 0. The van der Waals surface area contributed by atoms with Gasteiger partial charge in [-0.3, -0.25) is 4.40 Å². The predicted octanol–water partition coefficient (Wildman–Crippen LogP) is 2.06. The summed E-state index contributed by atoms with van der Waals surface area (Å²) in [6, 6.07) is 1.40. The Hall–Kier alpha value is -2.15. The van der Waals surface area contributed by atoms with Gasteiger partial charge in [0.05, 0.1) is 11.4 Å². The van der Waals surface area contributed by atoms with Crippen molar-refractivity contribution in [1.82, 2.24) is 14.5 Å². The zero-order chi connectivity index (χ0) is 12.0. The van der Waals surface area contributed by atoms with Crippen LogP contribution < -0.4 is 0 Å². The van der Waals surface area contributed by atoms with Crippen LogP contribution in [0.1, 0.15) is 16.2 Å². The fourth-order valence-electron chi connectivity index (χ4n) is 1.69. The molecule has 0 bridgehead atoms. The van der Waals surface area contributed by atoms with E-state index in [1.54, 1.807) is 0 Å². The molecule has 6 nitrogen and oxygen atoms in total. The van der Waals surface area contributed by atoms with Crippen molar-refractivity contribution in [1.29, 1.82) is 0 Å². The molecule has 0 spiro atoms. The molecule has 0 aliphatic carbocycles. The average Bonchev–Trinajstić information content (AvgIpc) is 2.91. The summed E-state index contributed by atoms with van der Waals surface area (Å²) in [4.78, 5) is 15.9. The lowest BCUT2D eigenvalue weighted by Gasteiger charge is -1.93. The summed E-state index contributed by atoms with van der Waals surface area (Å²) in [5, 5.41) is 14.4. The van der Waals surface area contributed by atoms with Gasteiger partial charge >= 0.3 is 5.97 Å². The minimum absolute atomic E-state index is 0.176. The lowest BCUT2D eigenvalue weighted by molar-refractivity contribution is 0.0652. The molecule has 0 saturated carbocycles. The number of carbonyl (C=O) groups is 1. The van der Waals surface area contributed by atoms with Crippen LogP contribution in [-0.2, 0) is 0 Å². The first-order valence-corrected chi connectivity index (χ1v) is 5.67. The number of aromatic nitrogens is 3. The highest BCUT2D eigenvalue weighted by molar-refractivity contribution is 7.15. The van der Waals surface area contributed by atoms with Crippen LogP contribution in [0.5, 0.6) is 0 Å². The van der Waals surface area contributed by atoms with E-state index in [0.29, 0.717) is 5.69 Å². The molecular formula is C10H7N3O3S. The number of carboxylic acids is 1. The molecule has 17 heavy (non-hydrogen) atoms. The molecular weight excluding hydrogens is 242 g/mol. The minimum atomic E-state index is -1.13. The van der Waals surface area contributed by atoms with Crippen molar-refractivity contribution in [2.75, 3.05) is 0 Å². The summed E-state index contributed by atoms with van der Waals surface area (Å²) in [5.74, 6) is -1.31. The van der Waals surface area contributed by atoms with Gasteiger partial charge in [0.25, 0.3) is 0 Å². The van der Waals surface area contributed by atoms with E-state index in [0.717, 1.165) is 16.3 Å². The Bertz CT molecular complexity index is 709. The van der Waals surface area contributed by atoms with Crippen LogP contribution in [0.3, 0.4) is 0 Å². The molecule has 0 aliphatic rings. The first-order chi connectivity index (χ1) is 8.16. The van der Waals surface area contributed by atoms with Crippen LogP contribution >= 0.6 is 11.3 Å². The van der Waals surface area contributed by atoms with Crippen LogP contribution in [0.15, 0.2) is 22.2 Å². The molecule has 0 atom stereocenters. The van der Waals surface area contributed by atoms with Crippen molar-refractivity contribution in [3.8, 4) is 11.4 Å². The normalized spacial score (nSPS) is 11.1. The number of imidazole rings is 1. The molecule has 1 N–H and O–H groups in total. The smallest absolute Gasteiger partial charge is 0.374 e. The highest BCUT2D eigenvalue weighted by Gasteiger charge is 2.18. The zero-order valence-corrected chi connectivity index (χ0v) is 9.56. The molecule has 0 radical (unpaired) electrons. The van der Waals surface area contributed by atoms with Crippen LogP contribution in [0.25, 0.3) is 16.3 Å². The van der Waals surface area contributed by atoms with Gasteiger partial charge in [0.2, 0.25) is 5.76 Å². The van der Waals surface area contributed by atoms with E-state index in [9.17, 15) is 4.79 Å². The zero-order valence-electron chi connectivity index (χ0n) is 8.75. The number of hydrogen-bond donors (Lipinski definition) is 1. The lowest BCUT2D eigenvalue weighted by atomic mass is 10.2. The van der Waals surface area contributed by atoms with E-state index in [-0.39, 0.29) is 5.76 Å². The molecule has 3 aromatic rings. The highest BCUT2D eigenvalue weighted by atomic mass is 32.1. The number of aromatic carboxylic acids is 1. The van der Waals surface area contributed by atoms with Crippen LogP contribution in [0.4, 0.5) is 0 Å². The fourth-order valence-corrected chi connectivity index (χ4v) is 2.45. The predicted molar refractivity (Wildman–Crippen MR) is 60.3 cm³/mol. The van der Waals surface area contributed by atoms with Gasteiger partial charge in [-0.1, -0.05) is 5.16 Å². The van der Waals surface area contributed by atoms with E-state index in [4.69, 9.17) is 9.63 Å². The number of fused-ring (bicyclic) bond motifs is 1. The third kappa shape index (κ3) is 1.43. The Morgan fingerprint density at radius 3 is 3.12 bits per heavy atom. The highest BCUT2D eigenvalue weighted by Crippen LogP contribution is 2.26. The molecule has 0 aromatic carbocycles. The molecule has 0 fully saturated rings. The molecule has 0 amide bonds. The van der Waals surface area contributed by atoms with Gasteiger partial charge in [0, 0.05) is 17.6 Å². The molecule has 86 valence electrons. The van der Waals surface area contributed by atoms with Crippen molar-refractivity contribution in [2.45, 2.75) is 6.92 Å². The van der Waals surface area contributed by atoms with Crippen molar-refractivity contribution in [3.05, 3.63) is 29.1 Å². The van der Waals surface area contributed by atoms with Crippen LogP contribution in [0.2, 0.25) is 0 Å². The number of nitrogens with zero attached hydrogens (tertiary/aromatic N) is 3. The molecule has 0 unspecified atom stereocenters. The molecule has 0 aliphatic heterocycles. The lowest BCUT2D eigenvalue weighted by Crippen LogP contribution is -1.92. The average molecular weight is 249 g/mol. The second-order valence-electron chi connectivity index (χ2n) is 3.48. The van der Waals surface area contributed by atoms with E-state index in [2.05, 4.69) is 10.1 Å². The van der Waals surface area contributed by atoms with E-state index in [1.807, 2.05) is 22.9 Å².